The normalized spacial score (nSPS) is 11.8. The quantitative estimate of drug-likeness (QED) is 0.485. The van der Waals surface area contributed by atoms with E-state index in [1.165, 1.54) is 30.5 Å². The van der Waals surface area contributed by atoms with Gasteiger partial charge in [-0.05, 0) is 53.8 Å². The van der Waals surface area contributed by atoms with Gasteiger partial charge in [0.15, 0.2) is 0 Å². The Labute approximate surface area is 177 Å². The fraction of sp³-hybridized carbons (Fsp3) is 0.0833. The molecule has 0 aliphatic rings. The molecule has 0 aliphatic carbocycles. The number of pyridine rings is 1. The van der Waals surface area contributed by atoms with Gasteiger partial charge in [0.1, 0.15) is 5.82 Å². The van der Waals surface area contributed by atoms with Crippen LogP contribution in [0, 0.1) is 5.82 Å². The van der Waals surface area contributed by atoms with Gasteiger partial charge < -0.3 is 5.32 Å². The molecule has 30 heavy (non-hydrogen) atoms. The SMILES string of the molecule is C[C@@H](NC(=O)c1ccc(=O)n(-c2ccccc2F)c1)c1cccc(-c2cccs2)c1. The molecule has 0 spiro atoms. The molecule has 4 rings (SSSR count). The van der Waals surface area contributed by atoms with Crippen LogP contribution in [-0.2, 0) is 0 Å². The van der Waals surface area contributed by atoms with E-state index in [9.17, 15) is 14.0 Å². The van der Waals surface area contributed by atoms with Crippen LogP contribution in [-0.4, -0.2) is 10.5 Å². The average molecular weight is 418 g/mol. The predicted molar refractivity (Wildman–Crippen MR) is 118 cm³/mol. The van der Waals surface area contributed by atoms with Crippen molar-refractivity contribution in [2.24, 2.45) is 0 Å². The first-order valence-corrected chi connectivity index (χ1v) is 10.3. The van der Waals surface area contributed by atoms with E-state index in [2.05, 4.69) is 17.4 Å². The van der Waals surface area contributed by atoms with Crippen molar-refractivity contribution >= 4 is 17.2 Å². The van der Waals surface area contributed by atoms with E-state index in [1.807, 2.05) is 36.6 Å². The number of nitrogens with one attached hydrogen (secondary N) is 1. The molecule has 1 amide bonds. The van der Waals surface area contributed by atoms with Crippen LogP contribution in [0.2, 0.25) is 0 Å². The van der Waals surface area contributed by atoms with Crippen LogP contribution in [0.25, 0.3) is 16.1 Å². The number of hydrogen-bond acceptors (Lipinski definition) is 3. The number of aromatic nitrogens is 1. The number of nitrogens with zero attached hydrogens (tertiary/aromatic N) is 1. The topological polar surface area (TPSA) is 51.1 Å². The maximum atomic E-state index is 14.1. The van der Waals surface area contributed by atoms with Gasteiger partial charge in [-0.2, -0.15) is 0 Å². The zero-order valence-corrected chi connectivity index (χ0v) is 17.0. The number of amides is 1. The summed E-state index contributed by atoms with van der Waals surface area (Å²) in [5.41, 5.74) is 2.04. The Morgan fingerprint density at radius 1 is 1.03 bits per heavy atom. The lowest BCUT2D eigenvalue weighted by Crippen LogP contribution is -2.28. The third kappa shape index (κ3) is 4.09. The van der Waals surface area contributed by atoms with Gasteiger partial charge in [-0.25, -0.2) is 4.39 Å². The molecule has 0 bridgehead atoms. The summed E-state index contributed by atoms with van der Waals surface area (Å²) in [7, 11) is 0. The number of halogens is 1. The molecule has 6 heteroatoms. The van der Waals surface area contributed by atoms with Crippen molar-refractivity contribution in [3.05, 3.63) is 112 Å². The monoisotopic (exact) mass is 418 g/mol. The van der Waals surface area contributed by atoms with E-state index >= 15 is 0 Å². The first-order valence-electron chi connectivity index (χ1n) is 9.45. The Bertz CT molecular complexity index is 1250. The smallest absolute Gasteiger partial charge is 0.255 e. The summed E-state index contributed by atoms with van der Waals surface area (Å²) in [4.78, 5) is 26.2. The van der Waals surface area contributed by atoms with E-state index in [-0.39, 0.29) is 23.2 Å². The van der Waals surface area contributed by atoms with E-state index < -0.39 is 11.4 Å². The summed E-state index contributed by atoms with van der Waals surface area (Å²) >= 11 is 1.66. The van der Waals surface area contributed by atoms with Crippen molar-refractivity contribution in [2.75, 3.05) is 0 Å². The lowest BCUT2D eigenvalue weighted by atomic mass is 10.0. The van der Waals surface area contributed by atoms with Gasteiger partial charge in [-0.3, -0.25) is 14.2 Å². The summed E-state index contributed by atoms with van der Waals surface area (Å²) in [5.74, 6) is -0.870. The highest BCUT2D eigenvalue weighted by molar-refractivity contribution is 7.13. The summed E-state index contributed by atoms with van der Waals surface area (Å²) in [6, 6.07) is 20.5. The van der Waals surface area contributed by atoms with E-state index in [0.29, 0.717) is 0 Å². The van der Waals surface area contributed by atoms with Crippen molar-refractivity contribution in [3.8, 4) is 16.1 Å². The Hall–Kier alpha value is -3.51. The van der Waals surface area contributed by atoms with Crippen LogP contribution in [0.3, 0.4) is 0 Å². The number of thiophene rings is 1. The minimum Gasteiger partial charge on any atom is -0.345 e. The zero-order valence-electron chi connectivity index (χ0n) is 16.2. The van der Waals surface area contributed by atoms with Gasteiger partial charge in [0.25, 0.3) is 11.5 Å². The number of para-hydroxylation sites is 1. The molecular weight excluding hydrogens is 399 g/mol. The summed E-state index contributed by atoms with van der Waals surface area (Å²) in [6.07, 6.45) is 1.37. The highest BCUT2D eigenvalue weighted by Crippen LogP contribution is 2.27. The molecule has 4 nitrogen and oxygen atoms in total. The molecule has 0 fully saturated rings. The largest absolute Gasteiger partial charge is 0.345 e. The molecule has 4 aromatic rings. The van der Waals surface area contributed by atoms with Crippen molar-refractivity contribution in [2.45, 2.75) is 13.0 Å². The molecule has 0 saturated carbocycles. The Balaban J connectivity index is 1.57. The first kappa shape index (κ1) is 19.8. The second-order valence-corrected chi connectivity index (χ2v) is 7.82. The van der Waals surface area contributed by atoms with Gasteiger partial charge in [-0.15, -0.1) is 11.3 Å². The molecule has 1 atom stereocenters. The number of carbonyl (C=O) groups excluding carboxylic acids is 1. The Kier molecular flexibility index (Phi) is 5.59. The number of benzene rings is 2. The van der Waals surface area contributed by atoms with E-state index in [0.717, 1.165) is 20.6 Å². The number of rotatable bonds is 5. The predicted octanol–water partition coefficient (Wildman–Crippen LogP) is 5.20. The van der Waals surface area contributed by atoms with Crippen LogP contribution in [0.1, 0.15) is 28.9 Å². The fourth-order valence-corrected chi connectivity index (χ4v) is 3.95. The molecule has 0 saturated heterocycles. The van der Waals surface area contributed by atoms with Gasteiger partial charge in [0, 0.05) is 17.1 Å². The minimum atomic E-state index is -0.532. The van der Waals surface area contributed by atoms with Gasteiger partial charge >= 0.3 is 0 Å². The van der Waals surface area contributed by atoms with Crippen LogP contribution in [0.4, 0.5) is 4.39 Å². The first-order chi connectivity index (χ1) is 14.5. The van der Waals surface area contributed by atoms with Crippen LogP contribution in [0.5, 0.6) is 0 Å². The minimum absolute atomic E-state index is 0.105. The van der Waals surface area contributed by atoms with Gasteiger partial charge in [-0.1, -0.05) is 36.4 Å². The third-order valence-corrected chi connectivity index (χ3v) is 5.74. The van der Waals surface area contributed by atoms with Crippen LogP contribution >= 0.6 is 11.3 Å². The lowest BCUT2D eigenvalue weighted by Gasteiger charge is -2.16. The third-order valence-electron chi connectivity index (χ3n) is 4.83. The van der Waals surface area contributed by atoms with Crippen LogP contribution < -0.4 is 10.9 Å². The van der Waals surface area contributed by atoms with E-state index in [1.54, 1.807) is 23.5 Å². The highest BCUT2D eigenvalue weighted by atomic mass is 32.1. The standard InChI is InChI=1S/C24H19FN2O2S/c1-16(17-6-4-7-18(14-17)22-10-5-13-30-22)26-24(29)19-11-12-23(28)27(15-19)21-9-3-2-8-20(21)25/h2-16H,1H3,(H,26,29)/t16-/m1/s1. The molecule has 1 N–H and O–H groups in total. The van der Waals surface area contributed by atoms with Crippen molar-refractivity contribution in [1.82, 2.24) is 9.88 Å². The maximum Gasteiger partial charge on any atom is 0.255 e. The zero-order chi connectivity index (χ0) is 21.1. The fourth-order valence-electron chi connectivity index (χ4n) is 3.22. The molecular formula is C24H19FN2O2S. The molecule has 2 heterocycles. The average Bonchev–Trinajstić information content (AvgIpc) is 3.30. The molecule has 0 aliphatic heterocycles. The lowest BCUT2D eigenvalue weighted by molar-refractivity contribution is 0.0939. The van der Waals surface area contributed by atoms with Crippen LogP contribution in [0.15, 0.2) is 89.2 Å². The maximum absolute atomic E-state index is 14.1. The van der Waals surface area contributed by atoms with Gasteiger partial charge in [0.05, 0.1) is 17.3 Å². The van der Waals surface area contributed by atoms with Crippen molar-refractivity contribution in [3.63, 3.8) is 0 Å². The molecule has 150 valence electrons. The van der Waals surface area contributed by atoms with Crippen molar-refractivity contribution in [1.29, 1.82) is 0 Å². The summed E-state index contributed by atoms with van der Waals surface area (Å²) < 4.78 is 15.3. The molecule has 0 unspecified atom stereocenters. The summed E-state index contributed by atoms with van der Waals surface area (Å²) in [5, 5.41) is 4.98. The molecule has 0 radical (unpaired) electrons. The Morgan fingerprint density at radius 2 is 1.87 bits per heavy atom. The number of hydrogen-bond donors (Lipinski definition) is 1. The molecule has 2 aromatic carbocycles. The second-order valence-electron chi connectivity index (χ2n) is 6.88. The second kappa shape index (κ2) is 8.47. The van der Waals surface area contributed by atoms with E-state index in [4.69, 9.17) is 0 Å². The summed E-state index contributed by atoms with van der Waals surface area (Å²) in [6.45, 7) is 1.90. The van der Waals surface area contributed by atoms with Gasteiger partial charge in [0.2, 0.25) is 0 Å². The van der Waals surface area contributed by atoms with Crippen molar-refractivity contribution < 1.29 is 9.18 Å². The number of carbonyl (C=O) groups is 1. The highest BCUT2D eigenvalue weighted by Gasteiger charge is 2.15. The molecule has 2 aromatic heterocycles. The Morgan fingerprint density at radius 3 is 2.63 bits per heavy atom.